The summed E-state index contributed by atoms with van der Waals surface area (Å²) in [6, 6.07) is 4.78. The lowest BCUT2D eigenvalue weighted by Gasteiger charge is -2.32. The van der Waals surface area contributed by atoms with Gasteiger partial charge >= 0.3 is 0 Å². The molecule has 2 rings (SSSR count). The number of halogens is 1. The first kappa shape index (κ1) is 30.0. The van der Waals surface area contributed by atoms with Crippen molar-refractivity contribution < 1.29 is 9.47 Å². The molecular weight excluding hydrogens is 473 g/mol. The molecular formula is C30H49ClNO2P. The van der Waals surface area contributed by atoms with Gasteiger partial charge in [0.25, 0.3) is 0 Å². The van der Waals surface area contributed by atoms with Crippen molar-refractivity contribution in [2.45, 2.75) is 119 Å². The van der Waals surface area contributed by atoms with Crippen molar-refractivity contribution in [2.75, 3.05) is 13.2 Å². The highest BCUT2D eigenvalue weighted by atomic mass is 35.5. The molecule has 0 bridgehead atoms. The van der Waals surface area contributed by atoms with E-state index in [9.17, 15) is 0 Å². The number of rotatable bonds is 8. The SMILES string of the molecule is CCOC1=C(CC)P1(=Nc1c(C(C)(C)C)cc(C(C)(C)C)cc1C(C)(C)C)/C(CC)=C(\Cl)OCC. The molecule has 0 aromatic heterocycles. The van der Waals surface area contributed by atoms with Crippen LogP contribution >= 0.6 is 18.7 Å². The van der Waals surface area contributed by atoms with Gasteiger partial charge in [-0.25, -0.2) is 0 Å². The summed E-state index contributed by atoms with van der Waals surface area (Å²) in [4.78, 5) is 0. The number of hydrogen-bond acceptors (Lipinski definition) is 3. The fourth-order valence-electron chi connectivity index (χ4n) is 4.58. The van der Waals surface area contributed by atoms with Gasteiger partial charge in [-0.3, -0.25) is 4.74 Å². The molecule has 0 fully saturated rings. The topological polar surface area (TPSA) is 30.8 Å². The lowest BCUT2D eigenvalue weighted by Crippen LogP contribution is -2.21. The van der Waals surface area contributed by atoms with E-state index in [-0.39, 0.29) is 16.2 Å². The van der Waals surface area contributed by atoms with Crippen LogP contribution in [0.2, 0.25) is 0 Å². The molecule has 1 aliphatic heterocycles. The van der Waals surface area contributed by atoms with E-state index in [0.29, 0.717) is 18.4 Å². The predicted octanol–water partition coefficient (Wildman–Crippen LogP) is 10.9. The molecule has 1 aromatic carbocycles. The number of nitrogens with zero attached hydrogens (tertiary/aromatic N) is 1. The Hall–Kier alpha value is -1.18. The molecule has 0 spiro atoms. The van der Waals surface area contributed by atoms with Gasteiger partial charge in [-0.2, -0.15) is 0 Å². The minimum absolute atomic E-state index is 0.0427. The van der Waals surface area contributed by atoms with Crippen LogP contribution in [0.15, 0.2) is 38.2 Å². The first-order valence-electron chi connectivity index (χ1n) is 13.2. The Morgan fingerprint density at radius 3 is 1.69 bits per heavy atom. The Kier molecular flexibility index (Phi) is 9.16. The van der Waals surface area contributed by atoms with Crippen molar-refractivity contribution in [1.29, 1.82) is 0 Å². The van der Waals surface area contributed by atoms with E-state index in [0.717, 1.165) is 29.3 Å². The number of allylic oxidation sites excluding steroid dienone is 2. The first-order valence-corrected chi connectivity index (χ1v) is 15.3. The van der Waals surface area contributed by atoms with Gasteiger partial charge in [0.1, 0.15) is 5.50 Å². The summed E-state index contributed by atoms with van der Waals surface area (Å²) in [5, 5.41) is 2.91. The minimum atomic E-state index is -2.24. The minimum Gasteiger partial charge on any atom is -0.491 e. The van der Waals surface area contributed by atoms with Crippen LogP contribution < -0.4 is 0 Å². The zero-order chi connectivity index (χ0) is 27.0. The van der Waals surface area contributed by atoms with Crippen LogP contribution in [0.1, 0.15) is 120 Å². The van der Waals surface area contributed by atoms with Crippen molar-refractivity contribution >= 4 is 24.3 Å². The van der Waals surface area contributed by atoms with Gasteiger partial charge in [0.15, 0.2) is 5.22 Å². The Morgan fingerprint density at radius 2 is 1.34 bits per heavy atom. The molecule has 1 aromatic rings. The van der Waals surface area contributed by atoms with E-state index < -0.39 is 7.05 Å². The maximum Gasteiger partial charge on any atom is 0.192 e. The Labute approximate surface area is 220 Å². The van der Waals surface area contributed by atoms with Crippen LogP contribution in [0, 0.1) is 0 Å². The number of benzene rings is 1. The van der Waals surface area contributed by atoms with E-state index >= 15 is 0 Å². The van der Waals surface area contributed by atoms with Crippen LogP contribution in [0.3, 0.4) is 0 Å². The standard InChI is InChI=1S/C30H49ClNO2P/c1-14-23(26(31)33-16-3)35(24(15-2)27(35)34-17-4)32-25-21(29(8,9)10)18-20(28(5,6)7)19-22(25)30(11,12)13/h18-19H,14-17H2,1-13H3/b26-23+. The first-order chi connectivity index (χ1) is 16.0. The zero-order valence-electron chi connectivity index (χ0n) is 24.6. The smallest absolute Gasteiger partial charge is 0.192 e. The van der Waals surface area contributed by atoms with Crippen molar-refractivity contribution in [3.8, 4) is 0 Å². The highest BCUT2D eigenvalue weighted by Crippen LogP contribution is 2.87. The third-order valence-corrected chi connectivity index (χ3v) is 10.9. The monoisotopic (exact) mass is 521 g/mol. The van der Waals surface area contributed by atoms with Gasteiger partial charge in [-0.15, -0.1) is 0 Å². The van der Waals surface area contributed by atoms with E-state index in [1.807, 2.05) is 13.8 Å². The van der Waals surface area contributed by atoms with Crippen LogP contribution in [0.25, 0.3) is 0 Å². The zero-order valence-corrected chi connectivity index (χ0v) is 26.2. The van der Waals surface area contributed by atoms with Gasteiger partial charge in [0.05, 0.1) is 26.0 Å². The Bertz CT molecular complexity index is 1020. The highest BCUT2D eigenvalue weighted by Gasteiger charge is 2.51. The summed E-state index contributed by atoms with van der Waals surface area (Å²) in [6.45, 7) is 30.2. The molecule has 1 atom stereocenters. The second kappa shape index (κ2) is 10.7. The van der Waals surface area contributed by atoms with E-state index in [1.165, 1.54) is 22.0 Å². The maximum absolute atomic E-state index is 6.81. The number of hydrogen-bond donors (Lipinski definition) is 0. The molecule has 0 amide bonds. The molecule has 0 radical (unpaired) electrons. The Morgan fingerprint density at radius 1 is 0.829 bits per heavy atom. The molecule has 0 saturated carbocycles. The summed E-state index contributed by atoms with van der Waals surface area (Å²) < 4.78 is 17.9. The van der Waals surface area contributed by atoms with Crippen LogP contribution in [0.4, 0.5) is 5.69 Å². The molecule has 1 heterocycles. The molecule has 1 aliphatic rings. The normalized spacial score (nSPS) is 19.5. The molecule has 198 valence electrons. The molecule has 35 heavy (non-hydrogen) atoms. The second-order valence-corrected chi connectivity index (χ2v) is 15.8. The largest absolute Gasteiger partial charge is 0.491 e. The molecule has 5 heteroatoms. The van der Waals surface area contributed by atoms with Crippen molar-refractivity contribution in [2.24, 2.45) is 4.74 Å². The van der Waals surface area contributed by atoms with Gasteiger partial charge < -0.3 is 9.47 Å². The maximum atomic E-state index is 6.81. The van der Waals surface area contributed by atoms with Crippen molar-refractivity contribution in [3.05, 3.63) is 50.2 Å². The third-order valence-electron chi connectivity index (χ3n) is 6.56. The fourth-order valence-corrected chi connectivity index (χ4v) is 9.18. The third kappa shape index (κ3) is 6.04. The van der Waals surface area contributed by atoms with Crippen LogP contribution in [-0.2, 0) is 25.7 Å². The quantitative estimate of drug-likeness (QED) is 0.251. The summed E-state index contributed by atoms with van der Waals surface area (Å²) in [6.07, 6.45) is 1.69. The van der Waals surface area contributed by atoms with E-state index in [1.54, 1.807) is 0 Å². The summed E-state index contributed by atoms with van der Waals surface area (Å²) in [5.74, 6) is 0. The van der Waals surface area contributed by atoms with E-state index in [4.69, 9.17) is 25.8 Å². The average Bonchev–Trinajstić information content (AvgIpc) is 3.31. The summed E-state index contributed by atoms with van der Waals surface area (Å²) in [7, 11) is -2.24. The molecule has 3 nitrogen and oxygen atoms in total. The fraction of sp³-hybridized carbons (Fsp3) is 0.667. The van der Waals surface area contributed by atoms with Crippen LogP contribution in [0.5, 0.6) is 0 Å². The summed E-state index contributed by atoms with van der Waals surface area (Å²) in [5.41, 5.74) is 5.99. The van der Waals surface area contributed by atoms with Gasteiger partial charge in [0.2, 0.25) is 0 Å². The molecule has 0 saturated heterocycles. The predicted molar refractivity (Wildman–Crippen MR) is 155 cm³/mol. The molecule has 0 N–H and O–H groups in total. The van der Waals surface area contributed by atoms with Crippen LogP contribution in [-0.4, -0.2) is 13.2 Å². The lowest BCUT2D eigenvalue weighted by molar-refractivity contribution is 0.252. The molecule has 0 aliphatic carbocycles. The summed E-state index contributed by atoms with van der Waals surface area (Å²) >= 11 is 6.81. The highest BCUT2D eigenvalue weighted by molar-refractivity contribution is 7.85. The lowest BCUT2D eigenvalue weighted by atomic mass is 9.74. The van der Waals surface area contributed by atoms with Crippen molar-refractivity contribution in [1.82, 2.24) is 0 Å². The number of ether oxygens (including phenoxy) is 2. The van der Waals surface area contributed by atoms with E-state index in [2.05, 4.69) is 88.3 Å². The molecule has 1 unspecified atom stereocenters. The van der Waals surface area contributed by atoms with Gasteiger partial charge in [0, 0.05) is 10.6 Å². The van der Waals surface area contributed by atoms with Crippen molar-refractivity contribution in [3.63, 3.8) is 0 Å². The average molecular weight is 522 g/mol. The van der Waals surface area contributed by atoms with Gasteiger partial charge in [-0.1, -0.05) is 88.3 Å². The Balaban J connectivity index is 3.11. The second-order valence-electron chi connectivity index (χ2n) is 12.5. The van der Waals surface area contributed by atoms with Gasteiger partial charge in [-0.05, 0) is 71.2 Å².